The molecule has 0 bridgehead atoms. The van der Waals surface area contributed by atoms with Crippen molar-refractivity contribution in [2.24, 2.45) is 4.99 Å². The highest BCUT2D eigenvalue weighted by Gasteiger charge is 2.30. The molecule has 0 amide bonds. The van der Waals surface area contributed by atoms with Gasteiger partial charge in [-0.2, -0.15) is 26.3 Å². The molecule has 2 nitrogen and oxygen atoms in total. The summed E-state index contributed by atoms with van der Waals surface area (Å²) in [5, 5.41) is 2.72. The Hall–Kier alpha value is -3.29. The number of alkyl halides is 6. The molecule has 0 radical (unpaired) electrons. The van der Waals surface area contributed by atoms with Gasteiger partial charge in [-0.3, -0.25) is 4.99 Å². The first-order valence-electron chi connectivity index (χ1n) is 8.30. The Labute approximate surface area is 163 Å². The van der Waals surface area contributed by atoms with E-state index in [2.05, 4.69) is 10.3 Å². The molecule has 2 rings (SSSR count). The third kappa shape index (κ3) is 7.69. The molecule has 0 heterocycles. The number of nitrogens with zero attached hydrogens (tertiary/aromatic N) is 1. The highest BCUT2D eigenvalue weighted by Crippen LogP contribution is 2.31. The highest BCUT2D eigenvalue weighted by molar-refractivity contribution is 5.74. The van der Waals surface area contributed by atoms with E-state index in [1.165, 1.54) is 42.8 Å². The van der Waals surface area contributed by atoms with Gasteiger partial charge in [-0.25, -0.2) is 0 Å². The molecule has 152 valence electrons. The first-order valence-corrected chi connectivity index (χ1v) is 8.30. The third-order valence-corrected chi connectivity index (χ3v) is 3.46. The van der Waals surface area contributed by atoms with Crippen LogP contribution in [0.2, 0.25) is 0 Å². The van der Waals surface area contributed by atoms with Gasteiger partial charge < -0.3 is 5.32 Å². The first-order chi connectivity index (χ1) is 13.7. The fourth-order valence-electron chi connectivity index (χ4n) is 2.12. The Morgan fingerprint density at radius 3 is 1.97 bits per heavy atom. The number of halogens is 6. The minimum atomic E-state index is -4.42. The molecule has 0 unspecified atom stereocenters. The van der Waals surface area contributed by atoms with Gasteiger partial charge in [0.1, 0.15) is 0 Å². The van der Waals surface area contributed by atoms with Crippen molar-refractivity contribution in [2.45, 2.75) is 12.4 Å². The average Bonchev–Trinajstić information content (AvgIpc) is 2.66. The van der Waals surface area contributed by atoms with Crippen molar-refractivity contribution in [1.82, 2.24) is 0 Å². The van der Waals surface area contributed by atoms with Crippen LogP contribution in [0.3, 0.4) is 0 Å². The smallest absolute Gasteiger partial charge is 0.362 e. The van der Waals surface area contributed by atoms with Crippen LogP contribution in [-0.4, -0.2) is 6.21 Å². The second kappa shape index (κ2) is 9.77. The maximum Gasteiger partial charge on any atom is 0.416 e. The van der Waals surface area contributed by atoms with Crippen molar-refractivity contribution in [2.75, 3.05) is 5.32 Å². The second-order valence-corrected chi connectivity index (χ2v) is 5.68. The maximum absolute atomic E-state index is 12.6. The molecular weight excluding hydrogens is 394 g/mol. The molecule has 0 aromatic heterocycles. The number of aliphatic imine (C=N–C) groups is 1. The molecule has 0 aliphatic carbocycles. The number of allylic oxidation sites excluding steroid dienone is 5. The number of hydrogen-bond acceptors (Lipinski definition) is 2. The van der Waals surface area contributed by atoms with Crippen molar-refractivity contribution >= 4 is 17.6 Å². The fourth-order valence-corrected chi connectivity index (χ4v) is 2.12. The van der Waals surface area contributed by atoms with Crippen LogP contribution >= 0.6 is 0 Å². The van der Waals surface area contributed by atoms with Crippen LogP contribution in [0.15, 0.2) is 90.1 Å². The number of benzene rings is 2. The molecule has 0 saturated heterocycles. The quantitative estimate of drug-likeness (QED) is 0.305. The zero-order chi connectivity index (χ0) is 21.3. The fraction of sp³-hybridized carbons (Fsp3) is 0.0952. The molecular formula is C21H16F6N2. The summed E-state index contributed by atoms with van der Waals surface area (Å²) < 4.78 is 75.6. The topological polar surface area (TPSA) is 24.4 Å². The molecule has 8 heteroatoms. The SMILES string of the molecule is FC(F)(F)c1cccc(N=C/C=C/C=C/C=C/Nc2cccc(C(F)(F)F)c2)c1. The summed E-state index contributed by atoms with van der Waals surface area (Å²) >= 11 is 0. The van der Waals surface area contributed by atoms with Crippen LogP contribution in [0.4, 0.5) is 37.7 Å². The van der Waals surface area contributed by atoms with Crippen LogP contribution in [0.1, 0.15) is 11.1 Å². The van der Waals surface area contributed by atoms with Gasteiger partial charge in [-0.15, -0.1) is 0 Å². The molecule has 2 aromatic rings. The van der Waals surface area contributed by atoms with E-state index in [0.717, 1.165) is 24.3 Å². The van der Waals surface area contributed by atoms with Crippen molar-refractivity contribution in [3.8, 4) is 0 Å². The number of hydrogen-bond donors (Lipinski definition) is 1. The second-order valence-electron chi connectivity index (χ2n) is 5.68. The van der Waals surface area contributed by atoms with Gasteiger partial charge in [0.25, 0.3) is 0 Å². The number of anilines is 1. The average molecular weight is 410 g/mol. The van der Waals surface area contributed by atoms with Gasteiger partial charge in [0.2, 0.25) is 0 Å². The van der Waals surface area contributed by atoms with Gasteiger partial charge in [0, 0.05) is 18.1 Å². The van der Waals surface area contributed by atoms with E-state index in [0.29, 0.717) is 5.69 Å². The number of rotatable bonds is 6. The van der Waals surface area contributed by atoms with E-state index in [9.17, 15) is 26.3 Å². The Kier molecular flexibility index (Phi) is 7.41. The van der Waals surface area contributed by atoms with Crippen LogP contribution in [-0.2, 0) is 12.4 Å². The lowest BCUT2D eigenvalue weighted by molar-refractivity contribution is -0.138. The third-order valence-electron chi connectivity index (χ3n) is 3.46. The summed E-state index contributed by atoms with van der Waals surface area (Å²) in [6, 6.07) is 9.45. The van der Waals surface area contributed by atoms with E-state index < -0.39 is 23.5 Å². The Bertz CT molecular complexity index is 921. The normalized spacial score (nSPS) is 13.3. The summed E-state index contributed by atoms with van der Waals surface area (Å²) in [5.74, 6) is 0. The van der Waals surface area contributed by atoms with Crippen molar-refractivity contribution in [1.29, 1.82) is 0 Å². The summed E-state index contributed by atoms with van der Waals surface area (Å²) in [4.78, 5) is 3.91. The standard InChI is InChI=1S/C21H16F6N2/c22-20(23,24)16-8-6-10-18(14-16)28-12-4-2-1-3-5-13-29-19-11-7-9-17(15-19)21(25,26)27/h1-15,28H/b2-1+,5-3+,12-4+,29-13?. The zero-order valence-corrected chi connectivity index (χ0v) is 14.9. The predicted octanol–water partition coefficient (Wildman–Crippen LogP) is 7.16. The van der Waals surface area contributed by atoms with Gasteiger partial charge >= 0.3 is 12.4 Å². The molecule has 2 aromatic carbocycles. The lowest BCUT2D eigenvalue weighted by Gasteiger charge is -2.08. The molecule has 0 aliphatic rings. The molecule has 0 atom stereocenters. The van der Waals surface area contributed by atoms with E-state index in [4.69, 9.17) is 0 Å². The lowest BCUT2D eigenvalue weighted by Crippen LogP contribution is -2.04. The minimum Gasteiger partial charge on any atom is -0.362 e. The first kappa shape index (κ1) is 22.0. The molecule has 0 spiro atoms. The highest BCUT2D eigenvalue weighted by atomic mass is 19.4. The lowest BCUT2D eigenvalue weighted by atomic mass is 10.2. The molecule has 0 aliphatic heterocycles. The van der Waals surface area contributed by atoms with Crippen LogP contribution < -0.4 is 5.32 Å². The van der Waals surface area contributed by atoms with Crippen LogP contribution in [0, 0.1) is 0 Å². The van der Waals surface area contributed by atoms with Crippen LogP contribution in [0.25, 0.3) is 0 Å². The largest absolute Gasteiger partial charge is 0.416 e. The summed E-state index contributed by atoms with van der Waals surface area (Å²) in [6.07, 6.45) is 1.96. The van der Waals surface area contributed by atoms with Crippen LogP contribution in [0.5, 0.6) is 0 Å². The summed E-state index contributed by atoms with van der Waals surface area (Å²) in [6.45, 7) is 0. The van der Waals surface area contributed by atoms with E-state index in [1.807, 2.05) is 0 Å². The Morgan fingerprint density at radius 1 is 0.690 bits per heavy atom. The minimum absolute atomic E-state index is 0.179. The van der Waals surface area contributed by atoms with Gasteiger partial charge in [-0.05, 0) is 48.6 Å². The zero-order valence-electron chi connectivity index (χ0n) is 14.9. The molecule has 29 heavy (non-hydrogen) atoms. The van der Waals surface area contributed by atoms with E-state index in [1.54, 1.807) is 24.3 Å². The molecule has 0 fully saturated rings. The van der Waals surface area contributed by atoms with Crippen molar-refractivity contribution < 1.29 is 26.3 Å². The van der Waals surface area contributed by atoms with Crippen molar-refractivity contribution in [3.05, 3.63) is 96.2 Å². The van der Waals surface area contributed by atoms with Gasteiger partial charge in [0.15, 0.2) is 0 Å². The molecule has 1 N–H and O–H groups in total. The van der Waals surface area contributed by atoms with Gasteiger partial charge in [-0.1, -0.05) is 30.4 Å². The monoisotopic (exact) mass is 410 g/mol. The predicted molar refractivity (Wildman–Crippen MR) is 102 cm³/mol. The van der Waals surface area contributed by atoms with E-state index in [-0.39, 0.29) is 5.69 Å². The Balaban J connectivity index is 1.83. The van der Waals surface area contributed by atoms with E-state index >= 15 is 0 Å². The Morgan fingerprint density at radius 2 is 1.28 bits per heavy atom. The van der Waals surface area contributed by atoms with Gasteiger partial charge in [0.05, 0.1) is 16.8 Å². The summed E-state index contributed by atoms with van der Waals surface area (Å²) in [5.41, 5.74) is -1.03. The number of nitrogens with one attached hydrogen (secondary N) is 1. The van der Waals surface area contributed by atoms with Crippen molar-refractivity contribution in [3.63, 3.8) is 0 Å². The maximum atomic E-state index is 12.6. The summed E-state index contributed by atoms with van der Waals surface area (Å²) in [7, 11) is 0. The molecule has 0 saturated carbocycles.